The van der Waals surface area contributed by atoms with Crippen molar-refractivity contribution in [2.45, 2.75) is 56.7 Å². The highest BCUT2D eigenvalue weighted by atomic mass is 127. The Labute approximate surface area is 418 Å². The van der Waals surface area contributed by atoms with E-state index in [-0.39, 0.29) is 6.04 Å². The van der Waals surface area contributed by atoms with Gasteiger partial charge in [-0.15, -0.1) is 13.2 Å². The zero-order valence-electron chi connectivity index (χ0n) is 38.0. The maximum absolute atomic E-state index is 11.2. The number of ether oxygens (including phenoxy) is 2. The van der Waals surface area contributed by atoms with Crippen molar-refractivity contribution in [3.05, 3.63) is 161 Å². The molecule has 0 aliphatic carbocycles. The van der Waals surface area contributed by atoms with Crippen molar-refractivity contribution >= 4 is 94.0 Å². The molecule has 10 atom stereocenters. The summed E-state index contributed by atoms with van der Waals surface area (Å²) in [4.78, 5) is 14.1. The fourth-order valence-electron chi connectivity index (χ4n) is 11.2. The van der Waals surface area contributed by atoms with Gasteiger partial charge in [0.2, 0.25) is 0 Å². The molecule has 8 nitrogen and oxygen atoms in total. The minimum absolute atomic E-state index is 0.178. The summed E-state index contributed by atoms with van der Waals surface area (Å²) in [5.41, 5.74) is 4.30. The summed E-state index contributed by atoms with van der Waals surface area (Å²) in [6.07, 6.45) is 12.3. The number of benzene rings is 5. The van der Waals surface area contributed by atoms with Gasteiger partial charge in [-0.2, -0.15) is 6.02 Å². The third-order valence-electron chi connectivity index (χ3n) is 14.7. The van der Waals surface area contributed by atoms with Crippen LogP contribution in [0.25, 0.3) is 48.5 Å². The molecule has 6 saturated heterocycles. The predicted octanol–water partition coefficient (Wildman–Crippen LogP) is 14.0. The molecular formula is C55H59I2N5O3P-. The molecule has 7 aromatic rings. The second-order valence-corrected chi connectivity index (χ2v) is 20.6. The lowest BCUT2D eigenvalue weighted by Gasteiger charge is -2.51. The number of aliphatic hydroxyl groups is 1. The van der Waals surface area contributed by atoms with Gasteiger partial charge in [-0.25, -0.2) is 0 Å². The molecule has 4 bridgehead atoms. The first-order valence-corrected chi connectivity index (χ1v) is 27.7. The standard InChI is InChI=1S/C21H26N2O.C20H24N2O2.C14H9I.INP/c1-4-15-13-23-10-8-16(15)11-21(23)14(2)18-7-9-22-20-6-5-17(24-3)12-19(18)20;1-3-13-12-22-9-7-14(13)10-19(22)20(23)16-6-8-21-18-5-4-15(24-2)11-17(16)18;15-14-9-10-5-1-2-6-11(10)12-7-3-4-8-13(12)14;1-3-2/h4-7,9,12,14-16,21H,1,8,10-11,13H2,2-3H3;3-6,8,11,13-14,19-20,23H,1,7,9-10,12H2,2H3;1-9H;/q;;;-1/t14-,15?,16?,21?;13?,14?,19?,20-;;/m00../s1. The van der Waals surface area contributed by atoms with E-state index >= 15 is 0 Å². The molecule has 6 aliphatic heterocycles. The van der Waals surface area contributed by atoms with Crippen LogP contribution < -0.4 is 9.47 Å². The SMILES string of the molecule is C=CC1CN2CCC1CC2[C@@H](C)c1ccnc2ccc(OC)cc12.C=CC1CN2CCC1CC2[C@@H](O)c1ccnc2ccc(OC)cc12.Ic1cc2ccccc2c2ccccc12.[N-]=PI. The molecule has 0 saturated carbocycles. The third-order valence-corrected chi connectivity index (χ3v) is 15.6. The molecular weight excluding hydrogens is 1060 g/mol. The van der Waals surface area contributed by atoms with E-state index in [1.165, 1.54) is 68.4 Å². The summed E-state index contributed by atoms with van der Waals surface area (Å²) in [5.74, 6) is 4.89. The van der Waals surface area contributed by atoms with Crippen LogP contribution in [0.1, 0.15) is 55.8 Å². The Morgan fingerprint density at radius 3 is 1.73 bits per heavy atom. The number of aliphatic hydroxyl groups excluding tert-OH is 1. The lowest BCUT2D eigenvalue weighted by molar-refractivity contribution is -0.0444. The minimum Gasteiger partial charge on any atom is -0.774 e. The Balaban J connectivity index is 0.000000134. The van der Waals surface area contributed by atoms with Crippen LogP contribution in [-0.2, 0) is 0 Å². The largest absolute Gasteiger partial charge is 0.774 e. The van der Waals surface area contributed by atoms with E-state index < -0.39 is 6.10 Å². The molecule has 6 aliphatic rings. The molecule has 0 radical (unpaired) electrons. The molecule has 11 heteroatoms. The van der Waals surface area contributed by atoms with Crippen LogP contribution in [-0.4, -0.2) is 77.4 Å². The van der Waals surface area contributed by atoms with Crippen molar-refractivity contribution in [1.29, 1.82) is 0 Å². The fourth-order valence-corrected chi connectivity index (χ4v) is 12.0. The highest BCUT2D eigenvalue weighted by Crippen LogP contribution is 2.44. The van der Waals surface area contributed by atoms with Crippen LogP contribution >= 0.6 is 50.6 Å². The van der Waals surface area contributed by atoms with Crippen molar-refractivity contribution in [3.8, 4) is 11.5 Å². The molecule has 8 unspecified atom stereocenters. The van der Waals surface area contributed by atoms with Crippen molar-refractivity contribution < 1.29 is 14.6 Å². The normalized spacial score (nSPS) is 24.8. The van der Waals surface area contributed by atoms with E-state index in [9.17, 15) is 5.11 Å². The number of nitrogens with zero attached hydrogens (tertiary/aromatic N) is 5. The molecule has 5 aromatic carbocycles. The van der Waals surface area contributed by atoms with Gasteiger partial charge in [0.1, 0.15) is 11.5 Å². The maximum Gasteiger partial charge on any atom is 0.119 e. The predicted molar refractivity (Wildman–Crippen MR) is 292 cm³/mol. The van der Waals surface area contributed by atoms with Crippen LogP contribution in [0.3, 0.4) is 0 Å². The number of piperidine rings is 6. The van der Waals surface area contributed by atoms with Crippen molar-refractivity contribution in [2.24, 2.45) is 23.7 Å². The maximum atomic E-state index is 11.2. The molecule has 342 valence electrons. The van der Waals surface area contributed by atoms with E-state index in [1.807, 2.05) is 58.6 Å². The number of fused-ring (bicyclic) bond motifs is 11. The molecule has 2 aromatic heterocycles. The number of hydrogen-bond donors (Lipinski definition) is 1. The Morgan fingerprint density at radius 1 is 0.697 bits per heavy atom. The summed E-state index contributed by atoms with van der Waals surface area (Å²) in [7, 11) is 3.39. The van der Waals surface area contributed by atoms with Gasteiger partial charge in [0.15, 0.2) is 0 Å². The van der Waals surface area contributed by atoms with Crippen LogP contribution in [0.4, 0.5) is 0 Å². The Morgan fingerprint density at radius 2 is 1.20 bits per heavy atom. The van der Waals surface area contributed by atoms with Gasteiger partial charge >= 0.3 is 0 Å². The highest BCUT2D eigenvalue weighted by molar-refractivity contribution is 14.2. The molecule has 6 fully saturated rings. The second-order valence-electron chi connectivity index (χ2n) is 18.0. The molecule has 66 heavy (non-hydrogen) atoms. The summed E-state index contributed by atoms with van der Waals surface area (Å²) >= 11 is 4.22. The van der Waals surface area contributed by atoms with Gasteiger partial charge in [0, 0.05) is 51.9 Å². The van der Waals surface area contributed by atoms with E-state index in [0.717, 1.165) is 58.9 Å². The van der Waals surface area contributed by atoms with Gasteiger partial charge in [0.05, 0.1) is 31.4 Å². The topological polar surface area (TPSA) is 93.2 Å². The van der Waals surface area contributed by atoms with Crippen LogP contribution in [0.15, 0.2) is 141 Å². The summed E-state index contributed by atoms with van der Waals surface area (Å²) < 4.78 is 12.1. The van der Waals surface area contributed by atoms with Crippen LogP contribution in [0.2, 0.25) is 0 Å². The number of hydrogen-bond acceptors (Lipinski definition) is 7. The lowest BCUT2D eigenvalue weighted by atomic mass is 9.71. The average Bonchev–Trinajstić information content (AvgIpc) is 3.38. The molecule has 8 heterocycles. The zero-order valence-corrected chi connectivity index (χ0v) is 43.2. The van der Waals surface area contributed by atoms with E-state index in [4.69, 9.17) is 14.6 Å². The Bertz CT molecular complexity index is 2700. The quantitative estimate of drug-likeness (QED) is 0.0701. The number of halogens is 2. The first kappa shape index (κ1) is 48.4. The van der Waals surface area contributed by atoms with E-state index in [2.05, 4.69) is 147 Å². The van der Waals surface area contributed by atoms with Gasteiger partial charge in [0.25, 0.3) is 0 Å². The average molecular weight is 1120 g/mol. The van der Waals surface area contributed by atoms with Crippen molar-refractivity contribution in [3.63, 3.8) is 0 Å². The second kappa shape index (κ2) is 22.4. The first-order valence-electron chi connectivity index (χ1n) is 23.0. The third kappa shape index (κ3) is 10.3. The summed E-state index contributed by atoms with van der Waals surface area (Å²) in [6.45, 7) is 14.9. The monoisotopic (exact) mass is 1120 g/mol. The zero-order chi connectivity index (χ0) is 46.3. The minimum atomic E-state index is -0.504. The molecule has 1 N–H and O–H groups in total. The Kier molecular flexibility index (Phi) is 16.4. The number of methoxy groups -OCH3 is 2. The Hall–Kier alpha value is -4.04. The summed E-state index contributed by atoms with van der Waals surface area (Å²) in [5, 5.41) is 26.2. The van der Waals surface area contributed by atoms with Gasteiger partial charge in [-0.1, -0.05) is 67.6 Å². The van der Waals surface area contributed by atoms with Crippen molar-refractivity contribution in [1.82, 2.24) is 19.8 Å². The number of pyridine rings is 2. The first-order chi connectivity index (χ1) is 32.2. The van der Waals surface area contributed by atoms with Crippen LogP contribution in [0.5, 0.6) is 11.5 Å². The van der Waals surface area contributed by atoms with Crippen LogP contribution in [0, 0.1) is 27.2 Å². The number of aromatic nitrogens is 2. The highest BCUT2D eigenvalue weighted by Gasteiger charge is 2.43. The van der Waals surface area contributed by atoms with E-state index in [1.54, 1.807) is 20.4 Å². The summed E-state index contributed by atoms with van der Waals surface area (Å²) in [6, 6.07) is 36.7. The fraction of sp³-hybridized carbons (Fsp3) is 0.345. The van der Waals surface area contributed by atoms with Gasteiger partial charge in [-0.05, 0) is 200 Å². The van der Waals surface area contributed by atoms with E-state index in [0.29, 0.717) is 35.7 Å². The lowest BCUT2D eigenvalue weighted by Crippen LogP contribution is -2.54. The molecule has 0 spiro atoms. The molecule has 0 amide bonds. The van der Waals surface area contributed by atoms with Crippen molar-refractivity contribution in [2.75, 3.05) is 40.4 Å². The van der Waals surface area contributed by atoms with Gasteiger partial charge < -0.3 is 19.7 Å². The smallest absolute Gasteiger partial charge is 0.119 e. The molecule has 13 rings (SSSR count). The number of rotatable bonds is 8. The van der Waals surface area contributed by atoms with Gasteiger partial charge in [-0.3, -0.25) is 19.8 Å².